The Morgan fingerprint density at radius 1 is 1.50 bits per heavy atom. The first kappa shape index (κ1) is 13.8. The Kier molecular flexibility index (Phi) is 5.03. The van der Waals surface area contributed by atoms with E-state index in [0.29, 0.717) is 5.92 Å². The second-order valence-corrected chi connectivity index (χ2v) is 5.90. The van der Waals surface area contributed by atoms with Gasteiger partial charge in [0, 0.05) is 30.4 Å². The molecule has 1 saturated heterocycles. The maximum absolute atomic E-state index is 5.76. The lowest BCUT2D eigenvalue weighted by Crippen LogP contribution is -2.36. The van der Waals surface area contributed by atoms with Crippen molar-refractivity contribution in [3.63, 3.8) is 0 Å². The van der Waals surface area contributed by atoms with Gasteiger partial charge in [0.05, 0.1) is 6.61 Å². The van der Waals surface area contributed by atoms with Gasteiger partial charge in [0.15, 0.2) is 0 Å². The number of hydrogen-bond donors (Lipinski definition) is 1. The summed E-state index contributed by atoms with van der Waals surface area (Å²) in [5.41, 5.74) is 7.88. The number of nitrogens with two attached hydrogens (primary N) is 1. The smallest absolute Gasteiger partial charge is 0.0502 e. The minimum absolute atomic E-state index is 0.677. The number of halogens is 1. The molecule has 1 aromatic rings. The van der Waals surface area contributed by atoms with Crippen LogP contribution in [-0.4, -0.2) is 31.7 Å². The lowest BCUT2D eigenvalue weighted by molar-refractivity contribution is 0.0873. The Bertz CT molecular complexity index is 395. The van der Waals surface area contributed by atoms with Crippen molar-refractivity contribution < 1.29 is 4.74 Å². The molecule has 18 heavy (non-hydrogen) atoms. The second kappa shape index (κ2) is 6.55. The van der Waals surface area contributed by atoms with Gasteiger partial charge in [-0.25, -0.2) is 0 Å². The molecule has 0 aromatic heterocycles. The third kappa shape index (κ3) is 3.70. The van der Waals surface area contributed by atoms with Gasteiger partial charge in [-0.15, -0.1) is 0 Å². The van der Waals surface area contributed by atoms with Crippen LogP contribution in [0.3, 0.4) is 0 Å². The number of hydrogen-bond acceptors (Lipinski definition) is 3. The third-order valence-corrected chi connectivity index (χ3v) is 4.21. The molecular weight excluding hydrogens is 292 g/mol. The van der Waals surface area contributed by atoms with Crippen LogP contribution >= 0.6 is 15.9 Å². The summed E-state index contributed by atoms with van der Waals surface area (Å²) < 4.78 is 6.37. The van der Waals surface area contributed by atoms with E-state index in [2.05, 4.69) is 26.9 Å². The summed E-state index contributed by atoms with van der Waals surface area (Å²) in [6, 6.07) is 6.06. The second-order valence-electron chi connectivity index (χ2n) is 5.05. The number of rotatable bonds is 4. The van der Waals surface area contributed by atoms with E-state index in [0.717, 1.165) is 29.9 Å². The summed E-state index contributed by atoms with van der Waals surface area (Å²) >= 11 is 3.59. The van der Waals surface area contributed by atoms with Gasteiger partial charge in [-0.1, -0.05) is 22.0 Å². The van der Waals surface area contributed by atoms with Crippen LogP contribution in [-0.2, 0) is 11.3 Å². The molecule has 0 bridgehead atoms. The number of likely N-dealkylation sites (tertiary alicyclic amines) is 1. The average Bonchev–Trinajstić information content (AvgIpc) is 2.34. The summed E-state index contributed by atoms with van der Waals surface area (Å²) in [7, 11) is 1.79. The molecule has 3 nitrogen and oxygen atoms in total. The molecule has 1 atom stereocenters. The molecule has 1 aromatic carbocycles. The van der Waals surface area contributed by atoms with E-state index >= 15 is 0 Å². The Morgan fingerprint density at radius 3 is 3.06 bits per heavy atom. The quantitative estimate of drug-likeness (QED) is 0.869. The van der Waals surface area contributed by atoms with E-state index in [1.807, 2.05) is 12.1 Å². The summed E-state index contributed by atoms with van der Waals surface area (Å²) in [6.45, 7) is 4.17. The van der Waals surface area contributed by atoms with Crippen molar-refractivity contribution in [3.8, 4) is 0 Å². The number of nitrogens with zero attached hydrogens (tertiary/aromatic N) is 1. The summed E-state index contributed by atoms with van der Waals surface area (Å²) in [5.74, 6) is 0.677. The maximum atomic E-state index is 5.76. The first-order chi connectivity index (χ1) is 8.69. The van der Waals surface area contributed by atoms with Crippen LogP contribution in [0.2, 0.25) is 0 Å². The molecule has 1 heterocycles. The third-order valence-electron chi connectivity index (χ3n) is 3.48. The highest BCUT2D eigenvalue weighted by Gasteiger charge is 2.20. The van der Waals surface area contributed by atoms with Crippen molar-refractivity contribution in [2.45, 2.75) is 19.4 Å². The van der Waals surface area contributed by atoms with Gasteiger partial charge in [0.25, 0.3) is 0 Å². The largest absolute Gasteiger partial charge is 0.399 e. The number of anilines is 1. The Balaban J connectivity index is 1.96. The number of ether oxygens (including phenoxy) is 1. The molecule has 4 heteroatoms. The van der Waals surface area contributed by atoms with Crippen molar-refractivity contribution in [2.75, 3.05) is 32.5 Å². The minimum atomic E-state index is 0.677. The number of piperidine rings is 1. The van der Waals surface area contributed by atoms with Crippen LogP contribution in [0.15, 0.2) is 22.7 Å². The van der Waals surface area contributed by atoms with Gasteiger partial charge in [0.2, 0.25) is 0 Å². The van der Waals surface area contributed by atoms with Crippen molar-refractivity contribution in [1.82, 2.24) is 4.90 Å². The molecule has 1 fully saturated rings. The lowest BCUT2D eigenvalue weighted by atomic mass is 9.98. The fraction of sp³-hybridized carbons (Fsp3) is 0.571. The van der Waals surface area contributed by atoms with Crippen LogP contribution in [0, 0.1) is 5.92 Å². The van der Waals surface area contributed by atoms with Crippen molar-refractivity contribution in [3.05, 3.63) is 28.2 Å². The lowest BCUT2D eigenvalue weighted by Gasteiger charge is -2.32. The van der Waals surface area contributed by atoms with E-state index in [1.54, 1.807) is 7.11 Å². The Morgan fingerprint density at radius 2 is 2.33 bits per heavy atom. The molecular formula is C14H21BrN2O. The van der Waals surface area contributed by atoms with E-state index in [-0.39, 0.29) is 0 Å². The van der Waals surface area contributed by atoms with Gasteiger partial charge in [-0.3, -0.25) is 4.90 Å². The monoisotopic (exact) mass is 312 g/mol. The van der Waals surface area contributed by atoms with Crippen LogP contribution in [0.4, 0.5) is 5.69 Å². The highest BCUT2D eigenvalue weighted by molar-refractivity contribution is 9.10. The highest BCUT2D eigenvalue weighted by Crippen LogP contribution is 2.24. The number of nitrogen functional groups attached to an aromatic ring is 1. The molecule has 0 amide bonds. The molecule has 2 N–H and O–H groups in total. The molecule has 1 unspecified atom stereocenters. The molecule has 0 aliphatic carbocycles. The van der Waals surface area contributed by atoms with Gasteiger partial charge < -0.3 is 10.5 Å². The molecule has 100 valence electrons. The van der Waals surface area contributed by atoms with E-state index < -0.39 is 0 Å². The Hall–Kier alpha value is -0.580. The van der Waals surface area contributed by atoms with Crippen LogP contribution in [0.25, 0.3) is 0 Å². The number of benzene rings is 1. The zero-order valence-corrected chi connectivity index (χ0v) is 12.4. The normalized spacial score (nSPS) is 21.1. The molecule has 1 aliphatic rings. The fourth-order valence-electron chi connectivity index (χ4n) is 2.60. The summed E-state index contributed by atoms with van der Waals surface area (Å²) in [5, 5.41) is 0. The first-order valence-corrected chi connectivity index (χ1v) is 7.23. The predicted octanol–water partition coefficient (Wildman–Crippen LogP) is 2.89. The van der Waals surface area contributed by atoms with Crippen LogP contribution in [0.1, 0.15) is 18.4 Å². The van der Waals surface area contributed by atoms with E-state index in [4.69, 9.17) is 10.5 Å². The predicted molar refractivity (Wildman–Crippen MR) is 78.4 cm³/mol. The zero-order chi connectivity index (χ0) is 13.0. The molecule has 0 saturated carbocycles. The highest BCUT2D eigenvalue weighted by atomic mass is 79.9. The number of methoxy groups -OCH3 is 1. The summed E-state index contributed by atoms with van der Waals surface area (Å²) in [6.07, 6.45) is 2.55. The Labute approximate surface area is 117 Å². The minimum Gasteiger partial charge on any atom is -0.399 e. The SMILES string of the molecule is COCC1CCCN(Cc2ccc(N)cc2Br)C1. The summed E-state index contributed by atoms with van der Waals surface area (Å²) in [4.78, 5) is 2.50. The maximum Gasteiger partial charge on any atom is 0.0502 e. The van der Waals surface area contributed by atoms with Crippen molar-refractivity contribution >= 4 is 21.6 Å². The van der Waals surface area contributed by atoms with Gasteiger partial charge >= 0.3 is 0 Å². The van der Waals surface area contributed by atoms with Gasteiger partial charge in [-0.2, -0.15) is 0 Å². The fourth-order valence-corrected chi connectivity index (χ4v) is 3.12. The zero-order valence-electron chi connectivity index (χ0n) is 10.9. The first-order valence-electron chi connectivity index (χ1n) is 6.44. The standard InChI is InChI=1S/C14H21BrN2O/c1-18-10-11-3-2-6-17(8-11)9-12-4-5-13(16)7-14(12)15/h4-5,7,11H,2-3,6,8-10,16H2,1H3. The van der Waals surface area contributed by atoms with Crippen molar-refractivity contribution in [2.24, 2.45) is 5.92 Å². The van der Waals surface area contributed by atoms with E-state index in [1.165, 1.54) is 24.9 Å². The average molecular weight is 313 g/mol. The van der Waals surface area contributed by atoms with Crippen LogP contribution in [0.5, 0.6) is 0 Å². The topological polar surface area (TPSA) is 38.5 Å². The molecule has 2 rings (SSSR count). The van der Waals surface area contributed by atoms with Crippen LogP contribution < -0.4 is 5.73 Å². The molecule has 0 radical (unpaired) electrons. The molecule has 0 spiro atoms. The molecule has 1 aliphatic heterocycles. The van der Waals surface area contributed by atoms with E-state index in [9.17, 15) is 0 Å². The van der Waals surface area contributed by atoms with Gasteiger partial charge in [-0.05, 0) is 43.0 Å². The van der Waals surface area contributed by atoms with Gasteiger partial charge in [0.1, 0.15) is 0 Å². The van der Waals surface area contributed by atoms with Crippen molar-refractivity contribution in [1.29, 1.82) is 0 Å².